The largest absolute Gasteiger partial charge is 0.497 e. The highest BCUT2D eigenvalue weighted by Crippen LogP contribution is 2.51. The molecule has 2 saturated heterocycles. The summed E-state index contributed by atoms with van der Waals surface area (Å²) in [6.07, 6.45) is 4.10. The van der Waals surface area contributed by atoms with E-state index in [9.17, 15) is 9.59 Å². The Morgan fingerprint density at radius 1 is 1.43 bits per heavy atom. The molecule has 2 N–H and O–H groups in total. The van der Waals surface area contributed by atoms with Gasteiger partial charge in [-0.05, 0) is 68.5 Å². The number of carbonyl (C=O) groups is 2. The maximum atomic E-state index is 12.4. The van der Waals surface area contributed by atoms with E-state index in [1.165, 1.54) is 11.1 Å². The summed E-state index contributed by atoms with van der Waals surface area (Å²) in [7, 11) is 3.94. The van der Waals surface area contributed by atoms with Crippen molar-refractivity contribution in [1.82, 2.24) is 15.5 Å². The van der Waals surface area contributed by atoms with Crippen LogP contribution >= 0.6 is 0 Å². The highest BCUT2D eigenvalue weighted by Gasteiger charge is 2.50. The maximum Gasteiger partial charge on any atom is 0.242 e. The first-order chi connectivity index (χ1) is 13.4. The van der Waals surface area contributed by atoms with Crippen LogP contribution < -0.4 is 15.4 Å². The van der Waals surface area contributed by atoms with Gasteiger partial charge in [0.2, 0.25) is 11.8 Å². The number of fused-ring (bicyclic) bond motifs is 4. The molecule has 6 nitrogen and oxygen atoms in total. The van der Waals surface area contributed by atoms with Crippen LogP contribution in [0.25, 0.3) is 0 Å². The minimum absolute atomic E-state index is 0.0289. The van der Waals surface area contributed by atoms with Crippen molar-refractivity contribution >= 4 is 11.8 Å². The molecule has 2 amide bonds. The number of carbonyl (C=O) groups excluding carboxylic acids is 2. The number of likely N-dealkylation sites (N-methyl/N-ethyl adjacent to an activating group) is 1. The van der Waals surface area contributed by atoms with Gasteiger partial charge in [0.1, 0.15) is 11.8 Å². The van der Waals surface area contributed by atoms with E-state index in [-0.39, 0.29) is 23.3 Å². The molecule has 0 radical (unpaired) electrons. The summed E-state index contributed by atoms with van der Waals surface area (Å²) in [4.78, 5) is 26.3. The van der Waals surface area contributed by atoms with E-state index in [1.807, 2.05) is 0 Å². The van der Waals surface area contributed by atoms with Crippen LogP contribution in [0, 0.1) is 5.92 Å². The second kappa shape index (κ2) is 7.39. The van der Waals surface area contributed by atoms with Crippen LogP contribution in [-0.4, -0.2) is 56.0 Å². The number of hydrogen-bond donors (Lipinski definition) is 2. The smallest absolute Gasteiger partial charge is 0.242 e. The van der Waals surface area contributed by atoms with Crippen molar-refractivity contribution in [1.29, 1.82) is 0 Å². The van der Waals surface area contributed by atoms with Gasteiger partial charge >= 0.3 is 0 Å². The SMILES string of the molecule is COc1ccc2c(c1)C1(CCNC(=O)[C@@H]3CCC(=O)N3)CCN(C)[C@H](C2)[C@@H]1C. The van der Waals surface area contributed by atoms with Crippen LogP contribution in [0.3, 0.4) is 0 Å². The predicted molar refractivity (Wildman–Crippen MR) is 107 cm³/mol. The van der Waals surface area contributed by atoms with Gasteiger partial charge in [0.25, 0.3) is 0 Å². The zero-order valence-corrected chi connectivity index (χ0v) is 17.1. The number of piperidine rings is 1. The van der Waals surface area contributed by atoms with Gasteiger partial charge in [-0.15, -0.1) is 0 Å². The first-order valence-corrected chi connectivity index (χ1v) is 10.4. The third-order valence-corrected chi connectivity index (χ3v) is 7.39. The molecule has 4 rings (SSSR count). The van der Waals surface area contributed by atoms with Crippen LogP contribution in [0.5, 0.6) is 5.75 Å². The Morgan fingerprint density at radius 2 is 2.25 bits per heavy atom. The Hall–Kier alpha value is -2.08. The zero-order chi connectivity index (χ0) is 19.9. The molecule has 0 aromatic heterocycles. The Kier molecular flexibility index (Phi) is 5.08. The molecule has 2 aliphatic heterocycles. The maximum absolute atomic E-state index is 12.4. The summed E-state index contributed by atoms with van der Waals surface area (Å²) in [5.41, 5.74) is 2.85. The van der Waals surface area contributed by atoms with Crippen molar-refractivity contribution in [3.05, 3.63) is 29.3 Å². The number of amides is 2. The topological polar surface area (TPSA) is 70.7 Å². The highest BCUT2D eigenvalue weighted by atomic mass is 16.5. The number of benzene rings is 1. The van der Waals surface area contributed by atoms with E-state index in [2.05, 4.69) is 47.7 Å². The van der Waals surface area contributed by atoms with Gasteiger partial charge < -0.3 is 20.3 Å². The van der Waals surface area contributed by atoms with E-state index >= 15 is 0 Å². The first kappa shape index (κ1) is 19.2. The number of nitrogens with zero attached hydrogens (tertiary/aromatic N) is 1. The van der Waals surface area contributed by atoms with Gasteiger partial charge in [0, 0.05) is 24.4 Å². The zero-order valence-electron chi connectivity index (χ0n) is 17.1. The molecule has 2 heterocycles. The van der Waals surface area contributed by atoms with Crippen molar-refractivity contribution in [2.45, 2.75) is 56.5 Å². The van der Waals surface area contributed by atoms with Gasteiger partial charge in [-0.1, -0.05) is 13.0 Å². The fourth-order valence-electron chi connectivity index (χ4n) is 5.61. The van der Waals surface area contributed by atoms with Crippen LogP contribution in [0.15, 0.2) is 18.2 Å². The van der Waals surface area contributed by atoms with E-state index in [0.29, 0.717) is 31.3 Å². The van der Waals surface area contributed by atoms with Gasteiger partial charge in [-0.2, -0.15) is 0 Å². The van der Waals surface area contributed by atoms with E-state index in [4.69, 9.17) is 4.74 Å². The average Bonchev–Trinajstić information content (AvgIpc) is 3.13. The van der Waals surface area contributed by atoms with Crippen molar-refractivity contribution in [2.24, 2.45) is 5.92 Å². The number of methoxy groups -OCH3 is 1. The minimum Gasteiger partial charge on any atom is -0.497 e. The number of rotatable bonds is 5. The third-order valence-electron chi connectivity index (χ3n) is 7.39. The Morgan fingerprint density at radius 3 is 2.96 bits per heavy atom. The molecular formula is C22H31N3O3. The van der Waals surface area contributed by atoms with Gasteiger partial charge in [-0.25, -0.2) is 0 Å². The number of ether oxygens (including phenoxy) is 1. The average molecular weight is 386 g/mol. The van der Waals surface area contributed by atoms with Crippen molar-refractivity contribution in [2.75, 3.05) is 27.2 Å². The lowest BCUT2D eigenvalue weighted by Crippen LogP contribution is -2.58. The molecule has 2 bridgehead atoms. The Labute approximate surface area is 167 Å². The molecule has 4 atom stereocenters. The number of nitrogens with one attached hydrogen (secondary N) is 2. The van der Waals surface area contributed by atoms with Crippen LogP contribution in [0.2, 0.25) is 0 Å². The lowest BCUT2D eigenvalue weighted by Gasteiger charge is -2.55. The summed E-state index contributed by atoms with van der Waals surface area (Å²) < 4.78 is 5.52. The van der Waals surface area contributed by atoms with Crippen LogP contribution in [-0.2, 0) is 21.4 Å². The van der Waals surface area contributed by atoms with Gasteiger partial charge in [0.05, 0.1) is 7.11 Å². The lowest BCUT2D eigenvalue weighted by atomic mass is 9.56. The van der Waals surface area contributed by atoms with Crippen LogP contribution in [0.1, 0.15) is 43.7 Å². The minimum atomic E-state index is -0.369. The van der Waals surface area contributed by atoms with Crippen LogP contribution in [0.4, 0.5) is 0 Å². The fourth-order valence-corrected chi connectivity index (χ4v) is 5.61. The quantitative estimate of drug-likeness (QED) is 0.808. The molecule has 1 aromatic carbocycles. The first-order valence-electron chi connectivity index (χ1n) is 10.4. The molecule has 0 spiro atoms. The third kappa shape index (κ3) is 3.17. The van der Waals surface area contributed by atoms with Gasteiger partial charge in [0.15, 0.2) is 0 Å². The highest BCUT2D eigenvalue weighted by molar-refractivity contribution is 5.90. The molecule has 28 heavy (non-hydrogen) atoms. The number of hydrogen-bond acceptors (Lipinski definition) is 4. The molecule has 6 heteroatoms. The van der Waals surface area contributed by atoms with Crippen molar-refractivity contribution < 1.29 is 14.3 Å². The standard InChI is InChI=1S/C22H31N3O3/c1-14-19-12-15-4-5-16(28-3)13-17(15)22(14,9-11-25(19)2)8-10-23-21(27)18-6-7-20(26)24-18/h4-5,13-14,18-19H,6-12H2,1-3H3,(H,23,27)(H,24,26)/t14-,18-,19+,22?/m0/s1. The molecule has 1 aromatic rings. The number of likely N-dealkylation sites (tertiary alicyclic amines) is 1. The molecule has 152 valence electrons. The summed E-state index contributed by atoms with van der Waals surface area (Å²) in [6.45, 7) is 4.06. The summed E-state index contributed by atoms with van der Waals surface area (Å²) >= 11 is 0. The fraction of sp³-hybridized carbons (Fsp3) is 0.636. The van der Waals surface area contributed by atoms with E-state index < -0.39 is 0 Å². The molecular weight excluding hydrogens is 354 g/mol. The molecule has 3 aliphatic rings. The van der Waals surface area contributed by atoms with Crippen molar-refractivity contribution in [3.63, 3.8) is 0 Å². The molecule has 1 unspecified atom stereocenters. The van der Waals surface area contributed by atoms with Gasteiger partial charge in [-0.3, -0.25) is 9.59 Å². The second-order valence-corrected chi connectivity index (χ2v) is 8.67. The molecule has 1 aliphatic carbocycles. The second-order valence-electron chi connectivity index (χ2n) is 8.67. The summed E-state index contributed by atoms with van der Waals surface area (Å²) in [5.74, 6) is 1.33. The molecule has 2 fully saturated rings. The summed E-state index contributed by atoms with van der Waals surface area (Å²) in [5, 5.41) is 5.84. The van der Waals surface area contributed by atoms with E-state index in [0.717, 1.165) is 31.6 Å². The monoisotopic (exact) mass is 385 g/mol. The Bertz CT molecular complexity index is 780. The summed E-state index contributed by atoms with van der Waals surface area (Å²) in [6, 6.07) is 6.65. The van der Waals surface area contributed by atoms with E-state index in [1.54, 1.807) is 7.11 Å². The molecule has 0 saturated carbocycles. The lowest BCUT2D eigenvalue weighted by molar-refractivity contribution is -0.125. The van der Waals surface area contributed by atoms with Crippen molar-refractivity contribution in [3.8, 4) is 5.75 Å². The Balaban J connectivity index is 1.55. The predicted octanol–water partition coefficient (Wildman–Crippen LogP) is 1.61. The normalized spacial score (nSPS) is 31.8.